The first-order chi connectivity index (χ1) is 19.6. The van der Waals surface area contributed by atoms with Gasteiger partial charge in [0.15, 0.2) is 0 Å². The van der Waals surface area contributed by atoms with Crippen molar-refractivity contribution in [2.45, 2.75) is 109 Å². The summed E-state index contributed by atoms with van der Waals surface area (Å²) >= 11 is 0. The van der Waals surface area contributed by atoms with Gasteiger partial charge in [-0.05, 0) is 44.0 Å². The van der Waals surface area contributed by atoms with Crippen molar-refractivity contribution in [3.05, 3.63) is 71.8 Å². The number of ether oxygens (including phenoxy) is 4. The molecule has 6 heteroatoms. The van der Waals surface area contributed by atoms with Crippen molar-refractivity contribution in [2.24, 2.45) is 0 Å². The van der Waals surface area contributed by atoms with Crippen LogP contribution in [-0.4, -0.2) is 62.5 Å². The Morgan fingerprint density at radius 2 is 1.38 bits per heavy atom. The summed E-state index contributed by atoms with van der Waals surface area (Å²) in [6.07, 6.45) is 10.1. The maximum Gasteiger partial charge on any atom is 0.305 e. The first-order valence-corrected chi connectivity index (χ1v) is 15.3. The second kappa shape index (κ2) is 19.0. The number of rotatable bonds is 20. The van der Waals surface area contributed by atoms with E-state index >= 15 is 0 Å². The average molecular weight is 554 g/mol. The summed E-state index contributed by atoms with van der Waals surface area (Å²) in [5.74, 6) is -0.135. The molecule has 3 rings (SSSR count). The monoisotopic (exact) mass is 553 g/mol. The lowest BCUT2D eigenvalue weighted by atomic mass is 10.1. The van der Waals surface area contributed by atoms with Gasteiger partial charge in [0.2, 0.25) is 0 Å². The zero-order valence-corrected chi connectivity index (χ0v) is 25.0. The molecule has 0 heterocycles. The minimum absolute atomic E-state index is 0.00569. The highest BCUT2D eigenvalue weighted by molar-refractivity contribution is 5.68. The van der Waals surface area contributed by atoms with E-state index < -0.39 is 0 Å². The van der Waals surface area contributed by atoms with E-state index in [-0.39, 0.29) is 30.3 Å². The number of carbonyl (C=O) groups excluding carboxylic acids is 1. The predicted octanol–water partition coefficient (Wildman–Crippen LogP) is 6.95. The third kappa shape index (κ3) is 11.3. The minimum atomic E-state index is -0.135. The number of nitrogens with zero attached hydrogens (tertiary/aromatic N) is 1. The van der Waals surface area contributed by atoms with Crippen LogP contribution in [0.1, 0.15) is 82.3 Å². The Kier molecular flexibility index (Phi) is 15.3. The Hall–Kier alpha value is -2.25. The molecule has 1 aliphatic rings. The summed E-state index contributed by atoms with van der Waals surface area (Å²) in [5, 5.41) is 0. The molecule has 6 nitrogen and oxygen atoms in total. The van der Waals surface area contributed by atoms with Crippen molar-refractivity contribution < 1.29 is 23.7 Å². The molecule has 0 amide bonds. The largest absolute Gasteiger partial charge is 0.469 e. The molecule has 222 valence electrons. The number of unbranched alkanes of at least 4 members (excludes halogenated alkanes) is 6. The Morgan fingerprint density at radius 1 is 0.775 bits per heavy atom. The van der Waals surface area contributed by atoms with Gasteiger partial charge in [-0.2, -0.15) is 0 Å². The molecule has 1 fully saturated rings. The van der Waals surface area contributed by atoms with Gasteiger partial charge in [0.25, 0.3) is 0 Å². The standard InChI is InChI=1S/C34H51NO5/c1-4-5-6-7-17-24-38-34-31(40-27-29-20-13-9-14-21-29)25-30(39-26-28-18-11-8-12-19-28)33(34)35(2)23-16-10-15-22-32(36)37-3/h8-9,11-14,18-21,30-31,33-34H,4-7,10,15-17,22-27H2,1-3H3/t30-,31+,33+,34+/m0/s1. The zero-order valence-electron chi connectivity index (χ0n) is 25.0. The molecule has 0 spiro atoms. The van der Waals surface area contributed by atoms with E-state index in [1.807, 2.05) is 12.1 Å². The van der Waals surface area contributed by atoms with Gasteiger partial charge in [-0.25, -0.2) is 0 Å². The van der Waals surface area contributed by atoms with Gasteiger partial charge >= 0.3 is 5.97 Å². The molecule has 2 aromatic carbocycles. The van der Waals surface area contributed by atoms with Crippen LogP contribution in [0.5, 0.6) is 0 Å². The molecular weight excluding hydrogens is 502 g/mol. The highest BCUT2D eigenvalue weighted by atomic mass is 16.6. The van der Waals surface area contributed by atoms with Crippen molar-refractivity contribution in [1.29, 1.82) is 0 Å². The summed E-state index contributed by atoms with van der Waals surface area (Å²) < 4.78 is 24.6. The first-order valence-electron chi connectivity index (χ1n) is 15.3. The third-order valence-corrected chi connectivity index (χ3v) is 7.85. The molecule has 1 aliphatic carbocycles. The van der Waals surface area contributed by atoms with E-state index in [1.165, 1.54) is 43.9 Å². The van der Waals surface area contributed by atoms with E-state index in [9.17, 15) is 4.79 Å². The second-order valence-electron chi connectivity index (χ2n) is 11.0. The van der Waals surface area contributed by atoms with Gasteiger partial charge in [-0.3, -0.25) is 9.69 Å². The molecule has 0 saturated heterocycles. The van der Waals surface area contributed by atoms with Crippen LogP contribution < -0.4 is 0 Å². The van der Waals surface area contributed by atoms with Gasteiger partial charge in [-0.1, -0.05) is 99.7 Å². The van der Waals surface area contributed by atoms with Crippen LogP contribution in [-0.2, 0) is 37.0 Å². The SMILES string of the molecule is CCCCCCCO[C@H]1[C@H](N(C)CCCCCC(=O)OC)[C@@H](OCc2ccccc2)C[C@H]1OCc1ccccc1. The molecule has 0 radical (unpaired) electrons. The van der Waals surface area contributed by atoms with Gasteiger partial charge in [-0.15, -0.1) is 0 Å². The normalized spacial score (nSPS) is 20.7. The van der Waals surface area contributed by atoms with Gasteiger partial charge in [0.1, 0.15) is 6.10 Å². The first kappa shape index (κ1) is 32.3. The number of esters is 1. The Balaban J connectivity index is 1.68. The van der Waals surface area contributed by atoms with Gasteiger partial charge < -0.3 is 18.9 Å². The maximum atomic E-state index is 11.5. The van der Waals surface area contributed by atoms with Gasteiger partial charge in [0.05, 0.1) is 38.6 Å². The van der Waals surface area contributed by atoms with Crippen molar-refractivity contribution >= 4 is 5.97 Å². The van der Waals surface area contributed by atoms with Crippen LogP contribution in [0.25, 0.3) is 0 Å². The van der Waals surface area contributed by atoms with E-state index in [2.05, 4.69) is 67.4 Å². The molecule has 0 aromatic heterocycles. The van der Waals surface area contributed by atoms with Crippen LogP contribution in [0.15, 0.2) is 60.7 Å². The van der Waals surface area contributed by atoms with Crippen molar-refractivity contribution in [1.82, 2.24) is 4.90 Å². The van der Waals surface area contributed by atoms with Crippen LogP contribution >= 0.6 is 0 Å². The number of methoxy groups -OCH3 is 1. The zero-order chi connectivity index (χ0) is 28.4. The van der Waals surface area contributed by atoms with E-state index in [1.54, 1.807) is 0 Å². The molecule has 2 aromatic rings. The number of benzene rings is 2. The fraction of sp³-hybridized carbons (Fsp3) is 0.618. The van der Waals surface area contributed by atoms with Crippen molar-refractivity contribution in [3.8, 4) is 0 Å². The number of likely N-dealkylation sites (N-methyl/N-ethyl adjacent to an activating group) is 1. The van der Waals surface area contributed by atoms with Crippen LogP contribution in [0, 0.1) is 0 Å². The van der Waals surface area contributed by atoms with E-state index in [0.29, 0.717) is 19.6 Å². The lowest BCUT2D eigenvalue weighted by molar-refractivity contribution is -0.140. The molecule has 0 N–H and O–H groups in total. The molecule has 0 unspecified atom stereocenters. The molecular formula is C34H51NO5. The van der Waals surface area contributed by atoms with Crippen molar-refractivity contribution in [2.75, 3.05) is 27.3 Å². The van der Waals surface area contributed by atoms with Crippen LogP contribution in [0.4, 0.5) is 0 Å². The second-order valence-corrected chi connectivity index (χ2v) is 11.0. The highest BCUT2D eigenvalue weighted by Crippen LogP contribution is 2.33. The number of carbonyl (C=O) groups is 1. The summed E-state index contributed by atoms with van der Waals surface area (Å²) in [6.45, 7) is 5.05. The Morgan fingerprint density at radius 3 is 2.00 bits per heavy atom. The fourth-order valence-corrected chi connectivity index (χ4v) is 5.54. The average Bonchev–Trinajstić information content (AvgIpc) is 3.34. The predicted molar refractivity (Wildman–Crippen MR) is 160 cm³/mol. The summed E-state index contributed by atoms with van der Waals surface area (Å²) in [7, 11) is 3.63. The van der Waals surface area contributed by atoms with Crippen LogP contribution in [0.2, 0.25) is 0 Å². The molecule has 1 saturated carbocycles. The third-order valence-electron chi connectivity index (χ3n) is 7.85. The summed E-state index contributed by atoms with van der Waals surface area (Å²) in [6, 6.07) is 20.8. The topological polar surface area (TPSA) is 57.2 Å². The molecule has 40 heavy (non-hydrogen) atoms. The Labute approximate surface area is 242 Å². The lowest BCUT2D eigenvalue weighted by Crippen LogP contribution is -2.48. The van der Waals surface area contributed by atoms with Crippen molar-refractivity contribution in [3.63, 3.8) is 0 Å². The maximum absolute atomic E-state index is 11.5. The summed E-state index contributed by atoms with van der Waals surface area (Å²) in [4.78, 5) is 13.9. The fourth-order valence-electron chi connectivity index (χ4n) is 5.54. The lowest BCUT2D eigenvalue weighted by Gasteiger charge is -2.34. The Bertz CT molecular complexity index is 924. The smallest absolute Gasteiger partial charge is 0.305 e. The molecule has 0 aliphatic heterocycles. The van der Waals surface area contributed by atoms with E-state index in [0.717, 1.165) is 45.3 Å². The summed E-state index contributed by atoms with van der Waals surface area (Å²) in [5.41, 5.74) is 2.35. The quantitative estimate of drug-likeness (QED) is 0.131. The van der Waals surface area contributed by atoms with Crippen LogP contribution in [0.3, 0.4) is 0 Å². The van der Waals surface area contributed by atoms with Gasteiger partial charge in [0, 0.05) is 19.4 Å². The number of hydrogen-bond donors (Lipinski definition) is 0. The molecule has 0 bridgehead atoms. The minimum Gasteiger partial charge on any atom is -0.469 e. The molecule has 4 atom stereocenters. The number of hydrogen-bond acceptors (Lipinski definition) is 6. The highest BCUT2D eigenvalue weighted by Gasteiger charge is 2.47. The van der Waals surface area contributed by atoms with E-state index in [4.69, 9.17) is 18.9 Å².